The molecule has 1 amide bonds. The van der Waals surface area contributed by atoms with Crippen molar-refractivity contribution in [2.45, 2.75) is 50.2 Å². The Balaban J connectivity index is 2.01. The number of nitrogens with zero attached hydrogens (tertiary/aromatic N) is 1. The summed E-state index contributed by atoms with van der Waals surface area (Å²) in [5, 5.41) is 2.76. The summed E-state index contributed by atoms with van der Waals surface area (Å²) in [6.45, 7) is 4.60. The van der Waals surface area contributed by atoms with Gasteiger partial charge in [0.15, 0.2) is 0 Å². The fraction of sp³-hybridized carbons (Fsp3) is 0.611. The number of sulfonamides is 1. The molecule has 1 heterocycles. The van der Waals surface area contributed by atoms with Crippen LogP contribution in [0.2, 0.25) is 0 Å². The van der Waals surface area contributed by atoms with Gasteiger partial charge in [-0.2, -0.15) is 0 Å². The molecule has 1 saturated heterocycles. The lowest BCUT2D eigenvalue weighted by molar-refractivity contribution is -0.130. The summed E-state index contributed by atoms with van der Waals surface area (Å²) in [5.74, 6) is -0.316. The maximum absolute atomic E-state index is 12.4. The van der Waals surface area contributed by atoms with E-state index in [0.29, 0.717) is 12.3 Å². The fourth-order valence-corrected chi connectivity index (χ4v) is 3.54. The highest BCUT2D eigenvalue weighted by atomic mass is 32.2. The van der Waals surface area contributed by atoms with Crippen molar-refractivity contribution in [1.82, 2.24) is 4.31 Å². The van der Waals surface area contributed by atoms with E-state index in [1.807, 2.05) is 6.92 Å². The summed E-state index contributed by atoms with van der Waals surface area (Å²) >= 11 is 0. The van der Waals surface area contributed by atoms with E-state index in [1.165, 1.54) is 26.2 Å². The number of carbonyl (C=O) groups is 1. The van der Waals surface area contributed by atoms with Crippen LogP contribution in [-0.2, 0) is 24.3 Å². The molecule has 1 aromatic rings. The minimum absolute atomic E-state index is 0.0364. The van der Waals surface area contributed by atoms with Crippen molar-refractivity contribution in [2.75, 3.05) is 32.6 Å². The van der Waals surface area contributed by atoms with E-state index in [1.54, 1.807) is 13.0 Å². The van der Waals surface area contributed by atoms with E-state index in [0.717, 1.165) is 35.7 Å². The van der Waals surface area contributed by atoms with Gasteiger partial charge in [-0.25, -0.2) is 12.7 Å². The second-order valence-electron chi connectivity index (χ2n) is 6.72. The van der Waals surface area contributed by atoms with Crippen LogP contribution in [0.3, 0.4) is 0 Å². The zero-order chi connectivity index (χ0) is 19.3. The van der Waals surface area contributed by atoms with Gasteiger partial charge in [0.25, 0.3) is 5.91 Å². The number of ether oxygens (including phenoxy) is 2. The van der Waals surface area contributed by atoms with Crippen LogP contribution in [0.4, 0.5) is 5.69 Å². The Morgan fingerprint density at radius 1 is 1.38 bits per heavy atom. The van der Waals surface area contributed by atoms with Crippen molar-refractivity contribution in [2.24, 2.45) is 0 Å². The molecule has 1 aliphatic rings. The van der Waals surface area contributed by atoms with Gasteiger partial charge in [0.05, 0.1) is 17.6 Å². The second-order valence-corrected chi connectivity index (χ2v) is 8.87. The van der Waals surface area contributed by atoms with Gasteiger partial charge in [0.1, 0.15) is 6.10 Å². The third kappa shape index (κ3) is 5.26. The second kappa shape index (κ2) is 8.94. The van der Waals surface area contributed by atoms with Gasteiger partial charge in [-0.05, 0) is 50.8 Å². The molecular weight excluding hydrogens is 356 g/mol. The monoisotopic (exact) mass is 384 g/mol. The van der Waals surface area contributed by atoms with Crippen LogP contribution in [0.15, 0.2) is 23.1 Å². The molecule has 2 unspecified atom stereocenters. The lowest BCUT2D eigenvalue weighted by Gasteiger charge is -2.24. The molecule has 7 nitrogen and oxygen atoms in total. The number of hydrogen-bond acceptors (Lipinski definition) is 5. The van der Waals surface area contributed by atoms with Gasteiger partial charge < -0.3 is 14.8 Å². The van der Waals surface area contributed by atoms with E-state index in [4.69, 9.17) is 9.47 Å². The van der Waals surface area contributed by atoms with Gasteiger partial charge >= 0.3 is 0 Å². The molecular formula is C18H28N2O5S. The minimum Gasteiger partial charge on any atom is -0.376 e. The first-order chi connectivity index (χ1) is 12.2. The minimum atomic E-state index is -3.56. The number of rotatable bonds is 7. The lowest BCUT2D eigenvalue weighted by Crippen LogP contribution is -2.33. The Labute approximate surface area is 155 Å². The lowest BCUT2D eigenvalue weighted by atomic mass is 10.1. The largest absolute Gasteiger partial charge is 0.376 e. The molecule has 0 radical (unpaired) electrons. The maximum Gasteiger partial charge on any atom is 0.253 e. The van der Waals surface area contributed by atoms with Crippen LogP contribution in [-0.4, -0.2) is 58.1 Å². The zero-order valence-corrected chi connectivity index (χ0v) is 16.6. The summed E-state index contributed by atoms with van der Waals surface area (Å²) in [6, 6.07) is 4.67. The maximum atomic E-state index is 12.4. The highest BCUT2D eigenvalue weighted by molar-refractivity contribution is 7.89. The van der Waals surface area contributed by atoms with E-state index in [-0.39, 0.29) is 16.9 Å². The van der Waals surface area contributed by atoms with E-state index in [9.17, 15) is 13.2 Å². The first-order valence-electron chi connectivity index (χ1n) is 8.79. The number of aryl methyl sites for hydroxylation is 1. The predicted octanol–water partition coefficient (Wildman–Crippen LogP) is 2.16. The Kier molecular flexibility index (Phi) is 7.16. The molecule has 1 aromatic carbocycles. The van der Waals surface area contributed by atoms with E-state index in [2.05, 4.69) is 5.32 Å². The van der Waals surface area contributed by atoms with Crippen molar-refractivity contribution in [3.05, 3.63) is 23.8 Å². The number of hydrogen-bond donors (Lipinski definition) is 1. The quantitative estimate of drug-likeness (QED) is 0.779. The molecule has 1 aliphatic heterocycles. The Bertz CT molecular complexity index is 727. The van der Waals surface area contributed by atoms with Gasteiger partial charge in [-0.15, -0.1) is 0 Å². The van der Waals surface area contributed by atoms with Gasteiger partial charge in [0.2, 0.25) is 10.0 Å². The molecule has 0 bridgehead atoms. The zero-order valence-electron chi connectivity index (χ0n) is 15.8. The molecule has 0 saturated carbocycles. The number of carbonyl (C=O) groups excluding carboxylic acids is 1. The number of amides is 1. The van der Waals surface area contributed by atoms with Crippen molar-refractivity contribution in [3.8, 4) is 0 Å². The van der Waals surface area contributed by atoms with E-state index < -0.39 is 16.1 Å². The Morgan fingerprint density at radius 2 is 2.12 bits per heavy atom. The van der Waals surface area contributed by atoms with Crippen molar-refractivity contribution >= 4 is 21.6 Å². The van der Waals surface area contributed by atoms with Crippen LogP contribution in [0.1, 0.15) is 31.7 Å². The molecule has 0 aliphatic carbocycles. The van der Waals surface area contributed by atoms with Crippen molar-refractivity contribution < 1.29 is 22.7 Å². The summed E-state index contributed by atoms with van der Waals surface area (Å²) in [5.41, 5.74) is 1.24. The summed E-state index contributed by atoms with van der Waals surface area (Å²) in [6.07, 6.45) is 2.50. The van der Waals surface area contributed by atoms with Crippen molar-refractivity contribution in [1.29, 1.82) is 0 Å². The summed E-state index contributed by atoms with van der Waals surface area (Å²) in [7, 11) is -0.625. The number of anilines is 1. The van der Waals surface area contributed by atoms with Gasteiger partial charge in [0, 0.05) is 26.4 Å². The molecule has 26 heavy (non-hydrogen) atoms. The Morgan fingerprint density at radius 3 is 2.73 bits per heavy atom. The molecule has 1 fully saturated rings. The smallest absolute Gasteiger partial charge is 0.253 e. The molecule has 8 heteroatoms. The molecule has 2 rings (SSSR count). The van der Waals surface area contributed by atoms with E-state index >= 15 is 0 Å². The van der Waals surface area contributed by atoms with Crippen LogP contribution in [0.5, 0.6) is 0 Å². The Hall–Kier alpha value is -1.48. The standard InChI is InChI=1S/C18H28N2O5S/c1-13-8-9-16(26(22,23)20(3)4)11-17(13)19-18(21)14(2)25-12-15-7-5-6-10-24-15/h8-9,11,14-15H,5-7,10,12H2,1-4H3,(H,19,21). The van der Waals surface area contributed by atoms with Crippen LogP contribution in [0, 0.1) is 6.92 Å². The first-order valence-corrected chi connectivity index (χ1v) is 10.2. The number of nitrogens with one attached hydrogen (secondary N) is 1. The van der Waals surface area contributed by atoms with Crippen LogP contribution in [0.25, 0.3) is 0 Å². The average Bonchev–Trinajstić information content (AvgIpc) is 2.62. The predicted molar refractivity (Wildman–Crippen MR) is 99.7 cm³/mol. The normalized spacial score (nSPS) is 19.3. The third-order valence-electron chi connectivity index (χ3n) is 4.42. The third-order valence-corrected chi connectivity index (χ3v) is 6.23. The molecule has 0 aromatic heterocycles. The average molecular weight is 384 g/mol. The fourth-order valence-electron chi connectivity index (χ4n) is 2.61. The highest BCUT2D eigenvalue weighted by Gasteiger charge is 2.21. The number of benzene rings is 1. The van der Waals surface area contributed by atoms with Crippen LogP contribution >= 0.6 is 0 Å². The topological polar surface area (TPSA) is 84.9 Å². The van der Waals surface area contributed by atoms with Gasteiger partial charge in [-0.3, -0.25) is 4.79 Å². The highest BCUT2D eigenvalue weighted by Crippen LogP contribution is 2.22. The summed E-state index contributed by atoms with van der Waals surface area (Å²) < 4.78 is 36.9. The molecule has 146 valence electrons. The molecule has 2 atom stereocenters. The first kappa shape index (κ1) is 20.8. The molecule has 1 N–H and O–H groups in total. The van der Waals surface area contributed by atoms with Crippen LogP contribution < -0.4 is 5.32 Å². The summed E-state index contributed by atoms with van der Waals surface area (Å²) in [4.78, 5) is 12.5. The SMILES string of the molecule is Cc1ccc(S(=O)(=O)N(C)C)cc1NC(=O)C(C)OCC1CCCCO1. The molecule has 0 spiro atoms. The van der Waals surface area contributed by atoms with Gasteiger partial charge in [-0.1, -0.05) is 6.07 Å². The van der Waals surface area contributed by atoms with Crippen molar-refractivity contribution in [3.63, 3.8) is 0 Å².